The van der Waals surface area contributed by atoms with Gasteiger partial charge in [-0.1, -0.05) is 115 Å². The van der Waals surface area contributed by atoms with E-state index in [0.29, 0.717) is 0 Å². The molecule has 0 spiro atoms. The number of fused-ring (bicyclic) bond motifs is 6. The second-order valence-electron chi connectivity index (χ2n) is 10.2. The van der Waals surface area contributed by atoms with E-state index >= 15 is 0 Å². The first-order valence-corrected chi connectivity index (χ1v) is 14.4. The highest BCUT2D eigenvalue weighted by Crippen LogP contribution is 2.46. The van der Waals surface area contributed by atoms with Gasteiger partial charge in [-0.3, -0.25) is 0 Å². The number of thiophene rings is 1. The van der Waals surface area contributed by atoms with E-state index < -0.39 is 0 Å². The predicted octanol–water partition coefficient (Wildman–Crippen LogP) is 11.5. The molecule has 0 aliphatic heterocycles. The highest BCUT2D eigenvalue weighted by atomic mass is 32.1. The van der Waals surface area contributed by atoms with Crippen LogP contribution in [0.4, 0.5) is 17.1 Å². The Kier molecular flexibility index (Phi) is 5.39. The number of anilines is 3. The van der Waals surface area contributed by atoms with Crippen molar-refractivity contribution in [3.8, 4) is 11.1 Å². The third-order valence-electron chi connectivity index (χ3n) is 7.83. The van der Waals surface area contributed by atoms with Crippen molar-refractivity contribution in [3.05, 3.63) is 152 Å². The maximum Gasteiger partial charge on any atom is 0.0640 e. The van der Waals surface area contributed by atoms with Crippen molar-refractivity contribution in [2.24, 2.45) is 0 Å². The van der Waals surface area contributed by atoms with E-state index in [4.69, 9.17) is 0 Å². The van der Waals surface area contributed by atoms with Gasteiger partial charge in [-0.25, -0.2) is 0 Å². The van der Waals surface area contributed by atoms with Gasteiger partial charge in [0.15, 0.2) is 0 Å². The van der Waals surface area contributed by atoms with Gasteiger partial charge in [-0.2, -0.15) is 0 Å². The fourth-order valence-corrected chi connectivity index (χ4v) is 7.13. The van der Waals surface area contributed by atoms with Gasteiger partial charge in [-0.15, -0.1) is 11.3 Å². The summed E-state index contributed by atoms with van der Waals surface area (Å²) in [5.41, 5.74) is 5.94. The molecule has 1 nitrogen and oxygen atoms in total. The third-order valence-corrected chi connectivity index (χ3v) is 9.02. The lowest BCUT2D eigenvalue weighted by atomic mass is 10.0. The molecule has 8 rings (SSSR count). The fraction of sp³-hybridized carbons (Fsp3) is 0. The van der Waals surface area contributed by atoms with Gasteiger partial charge in [0.25, 0.3) is 0 Å². The molecule has 1 aromatic heterocycles. The van der Waals surface area contributed by atoms with E-state index in [1.54, 1.807) is 0 Å². The van der Waals surface area contributed by atoms with Crippen LogP contribution in [0.3, 0.4) is 0 Å². The average Bonchev–Trinajstić information content (AvgIpc) is 3.42. The first-order valence-electron chi connectivity index (χ1n) is 13.6. The first-order chi connectivity index (χ1) is 19.8. The van der Waals surface area contributed by atoms with Crippen LogP contribution in [0.15, 0.2) is 152 Å². The van der Waals surface area contributed by atoms with Gasteiger partial charge in [0.1, 0.15) is 0 Å². The quantitative estimate of drug-likeness (QED) is 0.220. The molecule has 0 fully saturated rings. The summed E-state index contributed by atoms with van der Waals surface area (Å²) in [7, 11) is 0. The van der Waals surface area contributed by atoms with E-state index in [9.17, 15) is 0 Å². The summed E-state index contributed by atoms with van der Waals surface area (Å²) in [6.07, 6.45) is 0. The number of nitrogens with zero attached hydrogens (tertiary/aromatic N) is 1. The van der Waals surface area contributed by atoms with E-state index in [1.165, 1.54) is 58.5 Å². The highest BCUT2D eigenvalue weighted by Gasteiger charge is 2.19. The monoisotopic (exact) mass is 527 g/mol. The molecule has 8 aromatic rings. The normalized spacial score (nSPS) is 11.5. The molecule has 7 aromatic carbocycles. The summed E-state index contributed by atoms with van der Waals surface area (Å²) in [5, 5.41) is 7.73. The minimum Gasteiger partial charge on any atom is -0.309 e. The third kappa shape index (κ3) is 3.77. The molecule has 1 heterocycles. The maximum absolute atomic E-state index is 2.42. The predicted molar refractivity (Wildman–Crippen MR) is 174 cm³/mol. The Morgan fingerprint density at radius 3 is 1.93 bits per heavy atom. The molecular formula is C38H25NS. The highest BCUT2D eigenvalue weighted by molar-refractivity contribution is 7.26. The molecule has 0 radical (unpaired) electrons. The lowest BCUT2D eigenvalue weighted by molar-refractivity contribution is 1.31. The largest absolute Gasteiger partial charge is 0.309 e. The Morgan fingerprint density at radius 2 is 1.07 bits per heavy atom. The van der Waals surface area contributed by atoms with Crippen LogP contribution in [0, 0.1) is 0 Å². The Balaban J connectivity index is 1.37. The molecule has 188 valence electrons. The second kappa shape index (κ2) is 9.37. The summed E-state index contributed by atoms with van der Waals surface area (Å²) >= 11 is 1.88. The topological polar surface area (TPSA) is 3.24 Å². The van der Waals surface area contributed by atoms with Gasteiger partial charge in [0.2, 0.25) is 0 Å². The van der Waals surface area contributed by atoms with Crippen molar-refractivity contribution in [1.82, 2.24) is 0 Å². The molecule has 0 bridgehead atoms. The Hall–Kier alpha value is -4.92. The van der Waals surface area contributed by atoms with Gasteiger partial charge < -0.3 is 4.90 Å². The Bertz CT molecular complexity index is 2160. The SMILES string of the molecule is c1ccc(-c2ccc(N(c3ccc4ccccc4c3)c3cccc4c3sc3ccc5ccccc5c34)cc2)cc1. The van der Waals surface area contributed by atoms with Gasteiger partial charge in [-0.05, 0) is 69.1 Å². The van der Waals surface area contributed by atoms with Crippen molar-refractivity contribution in [3.63, 3.8) is 0 Å². The first kappa shape index (κ1) is 23.0. The zero-order chi connectivity index (χ0) is 26.5. The fourth-order valence-electron chi connectivity index (χ4n) is 5.91. The van der Waals surface area contributed by atoms with Crippen molar-refractivity contribution in [2.45, 2.75) is 0 Å². The van der Waals surface area contributed by atoms with E-state index in [1.807, 2.05) is 11.3 Å². The van der Waals surface area contributed by atoms with Crippen LogP contribution in [0.5, 0.6) is 0 Å². The summed E-state index contributed by atoms with van der Waals surface area (Å²) < 4.78 is 2.62. The minimum absolute atomic E-state index is 1.14. The molecule has 0 amide bonds. The molecule has 2 heteroatoms. The maximum atomic E-state index is 2.42. The summed E-state index contributed by atoms with van der Waals surface area (Å²) in [6.45, 7) is 0. The van der Waals surface area contributed by atoms with Crippen LogP contribution in [0.1, 0.15) is 0 Å². The average molecular weight is 528 g/mol. The Morgan fingerprint density at radius 1 is 0.425 bits per heavy atom. The van der Waals surface area contributed by atoms with Crippen molar-refractivity contribution in [2.75, 3.05) is 4.90 Å². The smallest absolute Gasteiger partial charge is 0.0640 e. The van der Waals surface area contributed by atoms with Crippen molar-refractivity contribution < 1.29 is 0 Å². The number of hydrogen-bond acceptors (Lipinski definition) is 2. The minimum atomic E-state index is 1.14. The molecule has 0 saturated carbocycles. The van der Waals surface area contributed by atoms with Crippen LogP contribution in [0.2, 0.25) is 0 Å². The van der Waals surface area contributed by atoms with Gasteiger partial charge in [0.05, 0.1) is 10.4 Å². The van der Waals surface area contributed by atoms with E-state index in [-0.39, 0.29) is 0 Å². The van der Waals surface area contributed by atoms with Crippen LogP contribution >= 0.6 is 11.3 Å². The summed E-state index contributed by atoms with van der Waals surface area (Å²) in [6, 6.07) is 54.9. The molecular weight excluding hydrogens is 502 g/mol. The van der Waals surface area contributed by atoms with Crippen LogP contribution in [-0.4, -0.2) is 0 Å². The number of hydrogen-bond donors (Lipinski definition) is 0. The number of rotatable bonds is 4. The molecule has 0 atom stereocenters. The van der Waals surface area contributed by atoms with Crippen LogP contribution in [-0.2, 0) is 0 Å². The number of benzene rings is 7. The molecule has 0 aliphatic rings. The van der Waals surface area contributed by atoms with Gasteiger partial charge >= 0.3 is 0 Å². The lowest BCUT2D eigenvalue weighted by Gasteiger charge is -2.26. The van der Waals surface area contributed by atoms with E-state index in [0.717, 1.165) is 11.4 Å². The Labute approximate surface area is 237 Å². The molecule has 40 heavy (non-hydrogen) atoms. The molecule has 0 saturated heterocycles. The van der Waals surface area contributed by atoms with E-state index in [2.05, 4.69) is 157 Å². The summed E-state index contributed by atoms with van der Waals surface area (Å²) in [5.74, 6) is 0. The van der Waals surface area contributed by atoms with Gasteiger partial charge in [0, 0.05) is 26.8 Å². The van der Waals surface area contributed by atoms with Crippen LogP contribution in [0.25, 0.3) is 52.8 Å². The summed E-state index contributed by atoms with van der Waals surface area (Å²) in [4.78, 5) is 2.42. The second-order valence-corrected chi connectivity index (χ2v) is 11.2. The van der Waals surface area contributed by atoms with Crippen molar-refractivity contribution >= 4 is 70.1 Å². The zero-order valence-electron chi connectivity index (χ0n) is 21.8. The van der Waals surface area contributed by atoms with Crippen molar-refractivity contribution in [1.29, 1.82) is 0 Å². The standard InChI is InChI=1S/C38H25NS/c1-2-9-26(10-3-1)28-17-21-31(22-18-28)39(32-23-19-27-11-4-5-13-30(27)25-32)35-16-8-15-34-37-33-14-7-6-12-29(33)20-24-36(37)40-38(34)35/h1-25H. The molecule has 0 aliphatic carbocycles. The van der Waals surface area contributed by atoms with Crippen LogP contribution < -0.4 is 4.90 Å². The molecule has 0 N–H and O–H groups in total. The zero-order valence-corrected chi connectivity index (χ0v) is 22.6. The molecule has 0 unspecified atom stereocenters. The lowest BCUT2D eigenvalue weighted by Crippen LogP contribution is -2.10.